The average molecular weight is 482 g/mol. The van der Waals surface area contributed by atoms with E-state index in [4.69, 9.17) is 32.9 Å². The van der Waals surface area contributed by atoms with E-state index >= 15 is 0 Å². The van der Waals surface area contributed by atoms with Crippen LogP contribution in [0.3, 0.4) is 0 Å². The molecule has 0 bridgehead atoms. The Morgan fingerprint density at radius 2 is 1.85 bits per heavy atom. The summed E-state index contributed by atoms with van der Waals surface area (Å²) in [5.74, 6) is 1.73. The van der Waals surface area contributed by atoms with Crippen LogP contribution < -0.4 is 9.64 Å². The van der Waals surface area contributed by atoms with Crippen molar-refractivity contribution in [3.63, 3.8) is 0 Å². The molecular formula is C25H25Cl2N5O. The van der Waals surface area contributed by atoms with Crippen LogP contribution in [-0.2, 0) is 0 Å². The van der Waals surface area contributed by atoms with Gasteiger partial charge < -0.3 is 9.64 Å². The summed E-state index contributed by atoms with van der Waals surface area (Å²) < 4.78 is 6.22. The molecule has 1 aromatic carbocycles. The van der Waals surface area contributed by atoms with Crippen molar-refractivity contribution < 1.29 is 4.74 Å². The van der Waals surface area contributed by atoms with E-state index < -0.39 is 0 Å². The highest BCUT2D eigenvalue weighted by Crippen LogP contribution is 2.36. The Balaban J connectivity index is 1.42. The minimum Gasteiger partial charge on any atom is -0.486 e. The molecule has 4 aromatic rings. The van der Waals surface area contributed by atoms with Gasteiger partial charge in [-0.2, -0.15) is 5.10 Å². The van der Waals surface area contributed by atoms with E-state index in [1.54, 1.807) is 6.20 Å². The Kier molecular flexibility index (Phi) is 6.13. The molecule has 8 heteroatoms. The number of anilines is 1. The Bertz CT molecular complexity index is 1280. The van der Waals surface area contributed by atoms with Crippen LogP contribution in [0.1, 0.15) is 43.5 Å². The van der Waals surface area contributed by atoms with Crippen molar-refractivity contribution in [3.8, 4) is 17.0 Å². The van der Waals surface area contributed by atoms with Crippen LogP contribution in [0.4, 0.5) is 5.82 Å². The number of pyridine rings is 2. The van der Waals surface area contributed by atoms with Gasteiger partial charge in [-0.05, 0) is 63.4 Å². The van der Waals surface area contributed by atoms with Gasteiger partial charge in [0.2, 0.25) is 0 Å². The van der Waals surface area contributed by atoms with Crippen LogP contribution in [0.15, 0.2) is 42.7 Å². The zero-order valence-corrected chi connectivity index (χ0v) is 20.1. The molecule has 4 heterocycles. The second-order valence-corrected chi connectivity index (χ2v) is 9.20. The Morgan fingerprint density at radius 1 is 1.03 bits per heavy atom. The first-order valence-corrected chi connectivity index (χ1v) is 11.9. The number of nitrogens with zero attached hydrogens (tertiary/aromatic N) is 4. The maximum atomic E-state index is 6.46. The van der Waals surface area contributed by atoms with Crippen LogP contribution in [0.2, 0.25) is 10.0 Å². The number of hydrogen-bond acceptors (Lipinski definition) is 5. The lowest BCUT2D eigenvalue weighted by molar-refractivity contribution is 0.227. The smallest absolute Gasteiger partial charge is 0.128 e. The average Bonchev–Trinajstić information content (AvgIpc) is 3.26. The third-order valence-corrected chi connectivity index (χ3v) is 6.92. The minimum absolute atomic E-state index is 0.343. The van der Waals surface area contributed by atoms with E-state index in [0.717, 1.165) is 52.3 Å². The zero-order valence-electron chi connectivity index (χ0n) is 18.6. The fourth-order valence-electron chi connectivity index (χ4n) is 4.34. The highest BCUT2D eigenvalue weighted by atomic mass is 35.5. The molecule has 1 saturated heterocycles. The number of rotatable bonds is 5. The topological polar surface area (TPSA) is 66.9 Å². The number of H-pyrrole nitrogens is 1. The maximum absolute atomic E-state index is 6.46. The Morgan fingerprint density at radius 3 is 2.61 bits per heavy atom. The summed E-state index contributed by atoms with van der Waals surface area (Å²) in [6, 6.07) is 10.0. The molecule has 0 saturated carbocycles. The Labute approximate surface area is 202 Å². The molecule has 6 nitrogen and oxygen atoms in total. The van der Waals surface area contributed by atoms with Gasteiger partial charge in [-0.15, -0.1) is 0 Å². The number of aromatic amines is 1. The molecule has 1 fully saturated rings. The number of aromatic nitrogens is 4. The van der Waals surface area contributed by atoms with E-state index in [-0.39, 0.29) is 6.10 Å². The van der Waals surface area contributed by atoms with Gasteiger partial charge in [-0.1, -0.05) is 23.2 Å². The summed E-state index contributed by atoms with van der Waals surface area (Å²) in [5, 5.41) is 9.63. The van der Waals surface area contributed by atoms with Gasteiger partial charge in [-0.25, -0.2) is 4.98 Å². The summed E-state index contributed by atoms with van der Waals surface area (Å²) >= 11 is 12.8. The van der Waals surface area contributed by atoms with Gasteiger partial charge >= 0.3 is 0 Å². The summed E-state index contributed by atoms with van der Waals surface area (Å²) in [7, 11) is 0. The number of piperidine rings is 1. The van der Waals surface area contributed by atoms with Crippen LogP contribution >= 0.6 is 23.2 Å². The summed E-state index contributed by atoms with van der Waals surface area (Å²) in [6.07, 6.45) is 6.92. The van der Waals surface area contributed by atoms with Crippen LogP contribution in [0.25, 0.3) is 22.2 Å². The normalized spacial score (nSPS) is 15.1. The number of hydrogen-bond donors (Lipinski definition) is 1. The van der Waals surface area contributed by atoms with Gasteiger partial charge in [0.15, 0.2) is 0 Å². The van der Waals surface area contributed by atoms with Crippen molar-refractivity contribution in [1.29, 1.82) is 0 Å². The van der Waals surface area contributed by atoms with Gasteiger partial charge in [-0.3, -0.25) is 10.1 Å². The maximum Gasteiger partial charge on any atom is 0.128 e. The molecule has 1 aliphatic heterocycles. The van der Waals surface area contributed by atoms with Gasteiger partial charge in [0.05, 0.1) is 21.3 Å². The molecule has 33 heavy (non-hydrogen) atoms. The first-order valence-electron chi connectivity index (χ1n) is 11.2. The highest BCUT2D eigenvalue weighted by Gasteiger charge is 2.19. The SMILES string of the molecule is Cc1ncc(Cl)c([C@@H](C)Oc2ccc3[nH]nc(-c4ccc(N5CCCCC5)nc4)c3c2)c1Cl. The monoisotopic (exact) mass is 481 g/mol. The van der Waals surface area contributed by atoms with Crippen molar-refractivity contribution in [2.75, 3.05) is 18.0 Å². The summed E-state index contributed by atoms with van der Waals surface area (Å²) in [4.78, 5) is 11.3. The quantitative estimate of drug-likeness (QED) is 0.340. The highest BCUT2D eigenvalue weighted by molar-refractivity contribution is 6.36. The van der Waals surface area contributed by atoms with E-state index in [1.165, 1.54) is 19.3 Å². The molecule has 1 atom stereocenters. The molecule has 0 unspecified atom stereocenters. The lowest BCUT2D eigenvalue weighted by atomic mass is 10.1. The molecular weight excluding hydrogens is 457 g/mol. The van der Waals surface area contributed by atoms with Crippen molar-refractivity contribution in [1.82, 2.24) is 20.2 Å². The van der Waals surface area contributed by atoms with Crippen molar-refractivity contribution in [3.05, 3.63) is 64.0 Å². The first-order chi connectivity index (χ1) is 16.0. The van der Waals surface area contributed by atoms with E-state index in [0.29, 0.717) is 15.8 Å². The molecule has 3 aromatic heterocycles. The van der Waals surface area contributed by atoms with Crippen LogP contribution in [0.5, 0.6) is 5.75 Å². The van der Waals surface area contributed by atoms with Crippen molar-refractivity contribution in [2.45, 2.75) is 39.2 Å². The number of fused-ring (bicyclic) bond motifs is 1. The summed E-state index contributed by atoms with van der Waals surface area (Å²) in [5.41, 5.74) is 4.19. The second-order valence-electron chi connectivity index (χ2n) is 8.41. The van der Waals surface area contributed by atoms with Crippen LogP contribution in [0, 0.1) is 6.92 Å². The number of halogens is 2. The Hall–Kier alpha value is -2.83. The lowest BCUT2D eigenvalue weighted by Gasteiger charge is -2.27. The van der Waals surface area contributed by atoms with E-state index in [9.17, 15) is 0 Å². The molecule has 0 aliphatic carbocycles. The minimum atomic E-state index is -0.343. The fourth-order valence-corrected chi connectivity index (χ4v) is 4.99. The standard InChI is InChI=1S/C25H25Cl2N5O/c1-15-24(27)23(20(26)14-28-15)16(2)33-18-7-8-21-19(12-18)25(31-30-21)17-6-9-22(29-13-17)32-10-4-3-5-11-32/h6-9,12-14,16H,3-5,10-11H2,1-2H3,(H,30,31)/t16-/m1/s1. The van der Waals surface area contributed by atoms with Crippen molar-refractivity contribution >= 4 is 39.9 Å². The van der Waals surface area contributed by atoms with E-state index in [1.807, 2.05) is 38.2 Å². The molecule has 5 rings (SSSR count). The predicted molar refractivity (Wildman–Crippen MR) is 133 cm³/mol. The number of nitrogens with one attached hydrogen (secondary N) is 1. The molecule has 0 radical (unpaired) electrons. The van der Waals surface area contributed by atoms with Gasteiger partial charge in [0.25, 0.3) is 0 Å². The largest absolute Gasteiger partial charge is 0.486 e. The molecule has 0 spiro atoms. The first kappa shape index (κ1) is 22.0. The molecule has 1 aliphatic rings. The van der Waals surface area contributed by atoms with Gasteiger partial charge in [0, 0.05) is 42.0 Å². The molecule has 1 N–H and O–H groups in total. The number of benzene rings is 1. The fraction of sp³-hybridized carbons (Fsp3) is 0.320. The molecule has 0 amide bonds. The predicted octanol–water partition coefficient (Wildman–Crippen LogP) is 6.77. The second kappa shape index (κ2) is 9.20. The third-order valence-electron chi connectivity index (χ3n) is 6.14. The third kappa shape index (κ3) is 4.37. The number of aryl methyl sites for hydroxylation is 1. The van der Waals surface area contributed by atoms with Crippen molar-refractivity contribution in [2.24, 2.45) is 0 Å². The summed E-state index contributed by atoms with van der Waals surface area (Å²) in [6.45, 7) is 5.92. The van der Waals surface area contributed by atoms with Gasteiger partial charge in [0.1, 0.15) is 23.4 Å². The van der Waals surface area contributed by atoms with Crippen LogP contribution in [-0.4, -0.2) is 33.3 Å². The lowest BCUT2D eigenvalue weighted by Crippen LogP contribution is -2.29. The zero-order chi connectivity index (χ0) is 22.9. The van der Waals surface area contributed by atoms with E-state index in [2.05, 4.69) is 32.2 Å². The number of ether oxygens (including phenoxy) is 1. The molecule has 170 valence electrons.